The largest absolute Gasteiger partial charge is 0.378 e. The summed E-state index contributed by atoms with van der Waals surface area (Å²) in [4.78, 5) is 17.9. The summed E-state index contributed by atoms with van der Waals surface area (Å²) >= 11 is 0. The Kier molecular flexibility index (Phi) is 3.50. The van der Waals surface area contributed by atoms with E-state index in [0.717, 1.165) is 16.9 Å². The topological polar surface area (TPSA) is 73.9 Å². The van der Waals surface area contributed by atoms with E-state index >= 15 is 0 Å². The maximum atomic E-state index is 11.9. The van der Waals surface area contributed by atoms with Crippen molar-refractivity contribution in [2.75, 3.05) is 24.3 Å². The van der Waals surface area contributed by atoms with Crippen molar-refractivity contribution >= 4 is 17.3 Å². The zero-order chi connectivity index (χ0) is 14.0. The Morgan fingerprint density at radius 1 is 1.32 bits per heavy atom. The Labute approximate surface area is 111 Å². The molecule has 0 atom stereocenters. The lowest BCUT2D eigenvalue weighted by atomic mass is 10.1. The number of hydrogen-bond donors (Lipinski definition) is 2. The average molecular weight is 259 g/mol. The van der Waals surface area contributed by atoms with Crippen molar-refractivity contribution in [2.24, 2.45) is 0 Å². The van der Waals surface area contributed by atoms with E-state index in [1.54, 1.807) is 6.92 Å². The molecule has 0 saturated carbocycles. The second-order valence-electron chi connectivity index (χ2n) is 4.59. The Morgan fingerprint density at radius 2 is 2.05 bits per heavy atom. The maximum Gasteiger partial charge on any atom is 0.295 e. The number of carbonyl (C=O) groups excluding carboxylic acids is 1. The predicted octanol–water partition coefficient (Wildman–Crippen LogP) is 1.74. The van der Waals surface area contributed by atoms with Crippen LogP contribution in [0.5, 0.6) is 0 Å². The van der Waals surface area contributed by atoms with Crippen LogP contribution in [0.2, 0.25) is 0 Å². The van der Waals surface area contributed by atoms with E-state index in [1.165, 1.54) is 0 Å². The maximum absolute atomic E-state index is 11.9. The Hall–Kier alpha value is -2.37. The SMILES string of the molecule is Cc1nc(C(=O)Nc2ccc(N(C)C)cc2C)n[nH]1. The van der Waals surface area contributed by atoms with Crippen molar-refractivity contribution < 1.29 is 4.79 Å². The van der Waals surface area contributed by atoms with Crippen molar-refractivity contribution in [3.63, 3.8) is 0 Å². The fourth-order valence-electron chi connectivity index (χ4n) is 1.69. The van der Waals surface area contributed by atoms with Crippen LogP contribution in [0.3, 0.4) is 0 Å². The molecule has 0 aliphatic heterocycles. The summed E-state index contributed by atoms with van der Waals surface area (Å²) in [7, 11) is 3.95. The van der Waals surface area contributed by atoms with E-state index in [-0.39, 0.29) is 11.7 Å². The van der Waals surface area contributed by atoms with Gasteiger partial charge in [-0.1, -0.05) is 0 Å². The molecule has 1 aromatic heterocycles. The number of carbonyl (C=O) groups is 1. The molecule has 2 rings (SSSR count). The smallest absolute Gasteiger partial charge is 0.295 e. The molecule has 1 amide bonds. The van der Waals surface area contributed by atoms with Crippen LogP contribution in [0.4, 0.5) is 11.4 Å². The van der Waals surface area contributed by atoms with Gasteiger partial charge in [-0.05, 0) is 37.6 Å². The first kappa shape index (κ1) is 13.1. The predicted molar refractivity (Wildman–Crippen MR) is 74.6 cm³/mol. The third kappa shape index (κ3) is 2.90. The molecule has 0 fully saturated rings. The fraction of sp³-hybridized carbons (Fsp3) is 0.308. The first-order chi connectivity index (χ1) is 8.97. The average Bonchev–Trinajstić information content (AvgIpc) is 2.78. The highest BCUT2D eigenvalue weighted by molar-refractivity contribution is 6.02. The molecule has 6 nitrogen and oxygen atoms in total. The van der Waals surface area contributed by atoms with Crippen molar-refractivity contribution in [2.45, 2.75) is 13.8 Å². The number of benzene rings is 1. The van der Waals surface area contributed by atoms with Gasteiger partial charge < -0.3 is 10.2 Å². The van der Waals surface area contributed by atoms with Crippen molar-refractivity contribution in [3.8, 4) is 0 Å². The normalized spacial score (nSPS) is 10.3. The number of nitrogens with one attached hydrogen (secondary N) is 2. The summed E-state index contributed by atoms with van der Waals surface area (Å²) in [6, 6.07) is 5.84. The van der Waals surface area contributed by atoms with Gasteiger partial charge in [0.15, 0.2) is 0 Å². The number of rotatable bonds is 3. The minimum absolute atomic E-state index is 0.147. The van der Waals surface area contributed by atoms with Crippen LogP contribution in [0.15, 0.2) is 18.2 Å². The second-order valence-corrected chi connectivity index (χ2v) is 4.59. The van der Waals surface area contributed by atoms with E-state index < -0.39 is 0 Å². The molecule has 1 heterocycles. The quantitative estimate of drug-likeness (QED) is 0.880. The number of aryl methyl sites for hydroxylation is 2. The van der Waals surface area contributed by atoms with Gasteiger partial charge in [0.1, 0.15) is 5.82 Å². The van der Waals surface area contributed by atoms with Crippen LogP contribution in [-0.4, -0.2) is 35.2 Å². The van der Waals surface area contributed by atoms with Crippen molar-refractivity contribution in [1.29, 1.82) is 0 Å². The number of aromatic amines is 1. The number of amides is 1. The highest BCUT2D eigenvalue weighted by Crippen LogP contribution is 2.21. The molecule has 6 heteroatoms. The highest BCUT2D eigenvalue weighted by atomic mass is 16.2. The summed E-state index contributed by atoms with van der Waals surface area (Å²) in [5, 5.41) is 9.28. The fourth-order valence-corrected chi connectivity index (χ4v) is 1.69. The van der Waals surface area contributed by atoms with Crippen molar-refractivity contribution in [3.05, 3.63) is 35.4 Å². The minimum atomic E-state index is -0.315. The third-order valence-electron chi connectivity index (χ3n) is 2.77. The van der Waals surface area contributed by atoms with E-state index in [9.17, 15) is 4.79 Å². The van der Waals surface area contributed by atoms with Gasteiger partial charge in [-0.3, -0.25) is 9.89 Å². The number of aromatic nitrogens is 3. The number of H-pyrrole nitrogens is 1. The molecule has 0 unspecified atom stereocenters. The van der Waals surface area contributed by atoms with Gasteiger partial charge in [0.25, 0.3) is 5.91 Å². The summed E-state index contributed by atoms with van der Waals surface area (Å²) < 4.78 is 0. The number of anilines is 2. The third-order valence-corrected chi connectivity index (χ3v) is 2.77. The van der Waals surface area contributed by atoms with E-state index in [2.05, 4.69) is 20.5 Å². The molecule has 2 aromatic rings. The molecule has 0 radical (unpaired) electrons. The zero-order valence-corrected chi connectivity index (χ0v) is 11.5. The van der Waals surface area contributed by atoms with Crippen LogP contribution < -0.4 is 10.2 Å². The van der Waals surface area contributed by atoms with Crippen LogP contribution >= 0.6 is 0 Å². The van der Waals surface area contributed by atoms with Gasteiger partial charge >= 0.3 is 0 Å². The zero-order valence-electron chi connectivity index (χ0n) is 11.5. The van der Waals surface area contributed by atoms with Crippen LogP contribution in [-0.2, 0) is 0 Å². The molecular weight excluding hydrogens is 242 g/mol. The van der Waals surface area contributed by atoms with E-state index in [4.69, 9.17) is 0 Å². The molecule has 0 saturated heterocycles. The Morgan fingerprint density at radius 3 is 2.58 bits per heavy atom. The lowest BCUT2D eigenvalue weighted by Crippen LogP contribution is -2.15. The molecule has 2 N–H and O–H groups in total. The molecule has 100 valence electrons. The molecule has 1 aromatic carbocycles. The Balaban J connectivity index is 2.17. The van der Waals surface area contributed by atoms with Crippen LogP contribution in [0, 0.1) is 13.8 Å². The lowest BCUT2D eigenvalue weighted by Gasteiger charge is -2.15. The number of nitrogens with zero attached hydrogens (tertiary/aromatic N) is 3. The standard InChI is InChI=1S/C13H17N5O/c1-8-7-10(18(3)4)5-6-11(8)15-13(19)12-14-9(2)16-17-12/h5-7H,1-4H3,(H,15,19)(H,14,16,17). The molecular formula is C13H17N5O. The second kappa shape index (κ2) is 5.09. The van der Waals surface area contributed by atoms with Gasteiger partial charge in [0, 0.05) is 25.5 Å². The van der Waals surface area contributed by atoms with Gasteiger partial charge in [0.05, 0.1) is 0 Å². The summed E-state index contributed by atoms with van der Waals surface area (Å²) in [5.74, 6) is 0.448. The minimum Gasteiger partial charge on any atom is -0.378 e. The van der Waals surface area contributed by atoms with E-state index in [0.29, 0.717) is 5.82 Å². The van der Waals surface area contributed by atoms with Gasteiger partial charge in [-0.25, -0.2) is 4.98 Å². The van der Waals surface area contributed by atoms with Crippen LogP contribution in [0.25, 0.3) is 0 Å². The van der Waals surface area contributed by atoms with Gasteiger partial charge in [-0.15, -0.1) is 5.10 Å². The molecule has 19 heavy (non-hydrogen) atoms. The molecule has 0 spiro atoms. The number of hydrogen-bond acceptors (Lipinski definition) is 4. The first-order valence-electron chi connectivity index (χ1n) is 5.95. The monoisotopic (exact) mass is 259 g/mol. The van der Waals surface area contributed by atoms with Crippen LogP contribution in [0.1, 0.15) is 22.0 Å². The summed E-state index contributed by atoms with van der Waals surface area (Å²) in [6.07, 6.45) is 0. The first-order valence-corrected chi connectivity index (χ1v) is 5.95. The van der Waals surface area contributed by atoms with Gasteiger partial charge in [0.2, 0.25) is 5.82 Å². The molecule has 0 aliphatic carbocycles. The lowest BCUT2D eigenvalue weighted by molar-refractivity contribution is 0.101. The highest BCUT2D eigenvalue weighted by Gasteiger charge is 2.12. The van der Waals surface area contributed by atoms with E-state index in [1.807, 2.05) is 44.1 Å². The molecule has 0 aliphatic rings. The van der Waals surface area contributed by atoms with Gasteiger partial charge in [-0.2, -0.15) is 0 Å². The van der Waals surface area contributed by atoms with Crippen molar-refractivity contribution in [1.82, 2.24) is 15.2 Å². The Bertz CT molecular complexity index is 603. The summed E-state index contributed by atoms with van der Waals surface area (Å²) in [5.41, 5.74) is 2.84. The molecule has 0 bridgehead atoms. The summed E-state index contributed by atoms with van der Waals surface area (Å²) in [6.45, 7) is 3.70.